The Morgan fingerprint density at radius 2 is 1.75 bits per heavy atom. The molecular formula is C13H10N2O. The number of aromatic nitrogens is 1. The van der Waals surface area contributed by atoms with Gasteiger partial charge in [0.05, 0.1) is 0 Å². The highest BCUT2D eigenvalue weighted by Crippen LogP contribution is 2.06. The molecule has 1 aromatic heterocycles. The minimum absolute atomic E-state index is 0.662. The average Bonchev–Trinajstić information content (AvgIpc) is 2.38. The Balaban J connectivity index is 2.14. The fourth-order valence-electron chi connectivity index (χ4n) is 1.23. The fourth-order valence-corrected chi connectivity index (χ4v) is 1.23. The van der Waals surface area contributed by atoms with Crippen LogP contribution in [0.5, 0.6) is 0 Å². The van der Waals surface area contributed by atoms with Gasteiger partial charge in [0.25, 0.3) is 0 Å². The minimum atomic E-state index is 0.662. The maximum Gasteiger partial charge on any atom is 0.151 e. The number of carbonyl (C=O) groups excluding carboxylic acids is 1. The first-order valence-electron chi connectivity index (χ1n) is 4.89. The summed E-state index contributed by atoms with van der Waals surface area (Å²) in [6, 6.07) is 12.8. The van der Waals surface area contributed by atoms with Gasteiger partial charge in [0.2, 0.25) is 0 Å². The van der Waals surface area contributed by atoms with Gasteiger partial charge in [-0.15, -0.1) is 0 Å². The zero-order chi connectivity index (χ0) is 11.2. The van der Waals surface area contributed by atoms with Crippen molar-refractivity contribution in [2.75, 3.05) is 0 Å². The second-order valence-corrected chi connectivity index (χ2v) is 3.23. The Morgan fingerprint density at radius 3 is 2.38 bits per heavy atom. The Morgan fingerprint density at radius 1 is 1.00 bits per heavy atom. The maximum absolute atomic E-state index is 10.5. The summed E-state index contributed by atoms with van der Waals surface area (Å²) in [5, 5.41) is 0. The molecule has 0 spiro atoms. The highest BCUT2D eigenvalue weighted by atomic mass is 16.1. The molecule has 0 aliphatic rings. The predicted octanol–water partition coefficient (Wildman–Crippen LogP) is 2.64. The molecule has 0 fully saturated rings. The number of hydrogen-bond acceptors (Lipinski definition) is 3. The van der Waals surface area contributed by atoms with E-state index in [2.05, 4.69) is 9.98 Å². The van der Waals surface area contributed by atoms with Crippen molar-refractivity contribution < 1.29 is 4.79 Å². The van der Waals surface area contributed by atoms with Gasteiger partial charge in [-0.1, -0.05) is 30.3 Å². The van der Waals surface area contributed by atoms with E-state index in [4.69, 9.17) is 0 Å². The molecule has 0 N–H and O–H groups in total. The average molecular weight is 210 g/mol. The number of carbonyl (C=O) groups is 1. The normalized spacial score (nSPS) is 10.5. The molecule has 0 atom stereocenters. The van der Waals surface area contributed by atoms with Crippen LogP contribution < -0.4 is 0 Å². The predicted molar refractivity (Wildman–Crippen MR) is 63.3 cm³/mol. The molecule has 3 heteroatoms. The van der Waals surface area contributed by atoms with E-state index in [0.29, 0.717) is 11.4 Å². The molecule has 1 aromatic carbocycles. The highest BCUT2D eigenvalue weighted by Gasteiger charge is 1.90. The molecule has 0 radical (unpaired) electrons. The number of pyridine rings is 1. The van der Waals surface area contributed by atoms with Crippen LogP contribution >= 0.6 is 0 Å². The van der Waals surface area contributed by atoms with Crippen molar-refractivity contribution >= 4 is 18.3 Å². The minimum Gasteiger partial charge on any atom is -0.298 e. The van der Waals surface area contributed by atoms with Gasteiger partial charge < -0.3 is 0 Å². The van der Waals surface area contributed by atoms with E-state index < -0.39 is 0 Å². The third-order valence-electron chi connectivity index (χ3n) is 2.07. The van der Waals surface area contributed by atoms with Crippen LogP contribution in [0.2, 0.25) is 0 Å². The van der Waals surface area contributed by atoms with E-state index in [1.807, 2.05) is 30.3 Å². The van der Waals surface area contributed by atoms with Gasteiger partial charge in [-0.2, -0.15) is 0 Å². The van der Waals surface area contributed by atoms with Crippen LogP contribution in [0.3, 0.4) is 0 Å². The molecule has 2 rings (SSSR count). The summed E-state index contributed by atoms with van der Waals surface area (Å²) in [6.45, 7) is 0. The van der Waals surface area contributed by atoms with E-state index in [1.165, 1.54) is 0 Å². The molecule has 0 unspecified atom stereocenters. The molecule has 0 bridgehead atoms. The third-order valence-corrected chi connectivity index (χ3v) is 2.07. The van der Waals surface area contributed by atoms with Gasteiger partial charge in [0, 0.05) is 18.0 Å². The first-order chi connectivity index (χ1) is 7.88. The van der Waals surface area contributed by atoms with Crippen LogP contribution in [0.25, 0.3) is 0 Å². The Kier molecular flexibility index (Phi) is 3.18. The summed E-state index contributed by atoms with van der Waals surface area (Å²) in [6.07, 6.45) is 4.23. The highest BCUT2D eigenvalue weighted by molar-refractivity contribution is 5.83. The van der Waals surface area contributed by atoms with Crippen LogP contribution in [0.1, 0.15) is 15.9 Å². The van der Waals surface area contributed by atoms with Crippen molar-refractivity contribution in [3.8, 4) is 0 Å². The standard InChI is InChI=1S/C13H10N2O/c16-10-12-6-4-11(5-7-12)9-15-13-3-1-2-8-14-13/h1-10H/b15-9+. The lowest BCUT2D eigenvalue weighted by atomic mass is 10.2. The summed E-state index contributed by atoms with van der Waals surface area (Å²) < 4.78 is 0. The largest absolute Gasteiger partial charge is 0.298 e. The second-order valence-electron chi connectivity index (χ2n) is 3.23. The number of rotatable bonds is 3. The van der Waals surface area contributed by atoms with Crippen LogP contribution in [0.4, 0.5) is 5.82 Å². The first-order valence-corrected chi connectivity index (χ1v) is 4.89. The molecule has 16 heavy (non-hydrogen) atoms. The van der Waals surface area contributed by atoms with Gasteiger partial charge in [0.15, 0.2) is 5.82 Å². The zero-order valence-corrected chi connectivity index (χ0v) is 8.58. The molecule has 0 aliphatic carbocycles. The monoisotopic (exact) mass is 210 g/mol. The number of hydrogen-bond donors (Lipinski definition) is 0. The molecule has 78 valence electrons. The molecule has 0 saturated heterocycles. The zero-order valence-electron chi connectivity index (χ0n) is 8.58. The second kappa shape index (κ2) is 4.98. The van der Waals surface area contributed by atoms with Gasteiger partial charge >= 0.3 is 0 Å². The summed E-state index contributed by atoms with van der Waals surface area (Å²) in [7, 11) is 0. The smallest absolute Gasteiger partial charge is 0.151 e. The van der Waals surface area contributed by atoms with Crippen molar-refractivity contribution in [1.82, 2.24) is 4.98 Å². The van der Waals surface area contributed by atoms with Crippen molar-refractivity contribution in [1.29, 1.82) is 0 Å². The molecule has 3 nitrogen and oxygen atoms in total. The third kappa shape index (κ3) is 2.60. The van der Waals surface area contributed by atoms with Crippen molar-refractivity contribution in [2.45, 2.75) is 0 Å². The number of nitrogens with zero attached hydrogens (tertiary/aromatic N) is 2. The number of aldehydes is 1. The van der Waals surface area contributed by atoms with Crippen molar-refractivity contribution in [3.63, 3.8) is 0 Å². The molecule has 2 aromatic rings. The van der Waals surface area contributed by atoms with Gasteiger partial charge in [0.1, 0.15) is 6.29 Å². The Bertz CT molecular complexity index is 489. The lowest BCUT2D eigenvalue weighted by Gasteiger charge is -1.93. The molecule has 1 heterocycles. The van der Waals surface area contributed by atoms with E-state index in [-0.39, 0.29) is 0 Å². The molecule has 0 amide bonds. The van der Waals surface area contributed by atoms with Gasteiger partial charge in [-0.05, 0) is 17.7 Å². The lowest BCUT2D eigenvalue weighted by Crippen LogP contribution is -1.83. The number of aliphatic imine (C=N–C) groups is 1. The SMILES string of the molecule is O=Cc1ccc(/C=N/c2ccccn2)cc1. The fraction of sp³-hybridized carbons (Fsp3) is 0. The van der Waals surface area contributed by atoms with Crippen molar-refractivity contribution in [3.05, 3.63) is 59.8 Å². The van der Waals surface area contributed by atoms with E-state index in [1.54, 1.807) is 24.5 Å². The van der Waals surface area contributed by atoms with Gasteiger partial charge in [-0.25, -0.2) is 9.98 Å². The lowest BCUT2D eigenvalue weighted by molar-refractivity contribution is 0.112. The van der Waals surface area contributed by atoms with Crippen LogP contribution in [-0.2, 0) is 0 Å². The Hall–Kier alpha value is -2.29. The maximum atomic E-state index is 10.5. The quantitative estimate of drug-likeness (QED) is 0.577. The topological polar surface area (TPSA) is 42.3 Å². The van der Waals surface area contributed by atoms with Crippen molar-refractivity contribution in [2.24, 2.45) is 4.99 Å². The summed E-state index contributed by atoms with van der Waals surface area (Å²) in [5.41, 5.74) is 1.60. The van der Waals surface area contributed by atoms with E-state index in [9.17, 15) is 4.79 Å². The summed E-state index contributed by atoms with van der Waals surface area (Å²) >= 11 is 0. The number of benzene rings is 1. The molecule has 0 saturated carbocycles. The van der Waals surface area contributed by atoms with E-state index >= 15 is 0 Å². The van der Waals surface area contributed by atoms with Crippen LogP contribution in [0, 0.1) is 0 Å². The van der Waals surface area contributed by atoms with Gasteiger partial charge in [-0.3, -0.25) is 4.79 Å². The van der Waals surface area contributed by atoms with Crippen LogP contribution in [-0.4, -0.2) is 17.5 Å². The summed E-state index contributed by atoms with van der Waals surface area (Å²) in [4.78, 5) is 18.7. The molecular weight excluding hydrogens is 200 g/mol. The molecule has 0 aliphatic heterocycles. The van der Waals surface area contributed by atoms with E-state index in [0.717, 1.165) is 11.8 Å². The Labute approximate surface area is 93.5 Å². The first kappa shape index (κ1) is 10.2. The summed E-state index contributed by atoms with van der Waals surface area (Å²) in [5.74, 6) is 0.668. The van der Waals surface area contributed by atoms with Crippen LogP contribution in [0.15, 0.2) is 53.7 Å².